The van der Waals surface area contributed by atoms with Gasteiger partial charge in [-0.3, -0.25) is 4.90 Å². The molecule has 0 fully saturated rings. The van der Waals surface area contributed by atoms with Crippen LogP contribution in [0.1, 0.15) is 27.7 Å². The van der Waals surface area contributed by atoms with E-state index >= 15 is 0 Å². The van der Waals surface area contributed by atoms with E-state index in [4.69, 9.17) is 0 Å². The minimum Gasteiger partial charge on any atom is -0.369 e. The minimum atomic E-state index is 0.520. The second-order valence-electron chi connectivity index (χ2n) is 7.15. The Kier molecular flexibility index (Phi) is 6.19. The Hall–Kier alpha value is -2.73. The van der Waals surface area contributed by atoms with E-state index in [2.05, 4.69) is 70.3 Å². The molecule has 0 saturated heterocycles. The standard InChI is InChI=1S/C21H28N6/c1-15(2)27(16(3)4)12-11-22-19-13-20(25-14-24-19)26-21-18-8-6-5-7-17(18)9-10-23-21/h5-10,13-16H,11-12H2,1-4H3,(H2,22,23,24,25,26). The number of hydrogen-bond donors (Lipinski definition) is 2. The fraction of sp³-hybridized carbons (Fsp3) is 0.381. The molecule has 0 radical (unpaired) electrons. The predicted octanol–water partition coefficient (Wildman–Crippen LogP) is 4.30. The first kappa shape index (κ1) is 19.0. The average Bonchev–Trinajstić information content (AvgIpc) is 2.65. The predicted molar refractivity (Wildman–Crippen MR) is 113 cm³/mol. The number of nitrogens with zero attached hydrogens (tertiary/aromatic N) is 4. The molecule has 0 saturated carbocycles. The molecule has 0 atom stereocenters. The third-order valence-electron chi connectivity index (χ3n) is 4.59. The summed E-state index contributed by atoms with van der Waals surface area (Å²) in [5.41, 5.74) is 0. The van der Waals surface area contributed by atoms with Crippen molar-refractivity contribution in [3.63, 3.8) is 0 Å². The zero-order valence-corrected chi connectivity index (χ0v) is 16.5. The molecule has 0 bridgehead atoms. The highest BCUT2D eigenvalue weighted by Gasteiger charge is 2.12. The lowest BCUT2D eigenvalue weighted by Gasteiger charge is -2.30. The van der Waals surface area contributed by atoms with Crippen molar-refractivity contribution >= 4 is 28.2 Å². The summed E-state index contributed by atoms with van der Waals surface area (Å²) in [6.07, 6.45) is 3.37. The van der Waals surface area contributed by atoms with E-state index in [0.717, 1.165) is 41.3 Å². The van der Waals surface area contributed by atoms with Gasteiger partial charge in [-0.2, -0.15) is 0 Å². The molecule has 2 N–H and O–H groups in total. The number of anilines is 3. The van der Waals surface area contributed by atoms with Gasteiger partial charge in [-0.15, -0.1) is 0 Å². The SMILES string of the molecule is CC(C)N(CCNc1cc(Nc2nccc3ccccc23)ncn1)C(C)C. The van der Waals surface area contributed by atoms with Crippen molar-refractivity contribution in [3.05, 3.63) is 48.9 Å². The van der Waals surface area contributed by atoms with Gasteiger partial charge in [0.15, 0.2) is 0 Å². The Balaban J connectivity index is 1.67. The largest absolute Gasteiger partial charge is 0.369 e. The van der Waals surface area contributed by atoms with Gasteiger partial charge >= 0.3 is 0 Å². The zero-order chi connectivity index (χ0) is 19.2. The van der Waals surface area contributed by atoms with Crippen molar-refractivity contribution in [2.75, 3.05) is 23.7 Å². The molecule has 27 heavy (non-hydrogen) atoms. The van der Waals surface area contributed by atoms with Gasteiger partial charge in [0.2, 0.25) is 0 Å². The molecule has 0 aliphatic rings. The fourth-order valence-electron chi connectivity index (χ4n) is 3.29. The third-order valence-corrected chi connectivity index (χ3v) is 4.59. The highest BCUT2D eigenvalue weighted by molar-refractivity contribution is 5.92. The van der Waals surface area contributed by atoms with Crippen LogP contribution in [0, 0.1) is 0 Å². The van der Waals surface area contributed by atoms with Gasteiger partial charge in [0.1, 0.15) is 23.8 Å². The fourth-order valence-corrected chi connectivity index (χ4v) is 3.29. The second-order valence-corrected chi connectivity index (χ2v) is 7.15. The Morgan fingerprint density at radius 3 is 2.44 bits per heavy atom. The maximum atomic E-state index is 4.46. The first-order valence-electron chi connectivity index (χ1n) is 9.47. The van der Waals surface area contributed by atoms with Crippen molar-refractivity contribution in [3.8, 4) is 0 Å². The number of benzene rings is 1. The van der Waals surface area contributed by atoms with Gasteiger partial charge in [-0.1, -0.05) is 24.3 Å². The van der Waals surface area contributed by atoms with Crippen LogP contribution in [0.3, 0.4) is 0 Å². The molecule has 0 unspecified atom stereocenters. The van der Waals surface area contributed by atoms with Crippen molar-refractivity contribution in [2.45, 2.75) is 39.8 Å². The Morgan fingerprint density at radius 1 is 0.926 bits per heavy atom. The molecular weight excluding hydrogens is 336 g/mol. The van der Waals surface area contributed by atoms with Crippen LogP contribution < -0.4 is 10.6 Å². The molecule has 0 aliphatic carbocycles. The molecule has 1 aromatic carbocycles. The van der Waals surface area contributed by atoms with E-state index in [0.29, 0.717) is 12.1 Å². The Bertz CT molecular complexity index is 864. The first-order chi connectivity index (χ1) is 13.0. The summed E-state index contributed by atoms with van der Waals surface area (Å²) < 4.78 is 0. The third kappa shape index (κ3) is 4.92. The lowest BCUT2D eigenvalue weighted by atomic mass is 10.1. The van der Waals surface area contributed by atoms with Crippen LogP contribution in [-0.2, 0) is 0 Å². The summed E-state index contributed by atoms with van der Waals surface area (Å²) in [4.78, 5) is 15.6. The van der Waals surface area contributed by atoms with Crippen LogP contribution >= 0.6 is 0 Å². The second kappa shape index (κ2) is 8.77. The van der Waals surface area contributed by atoms with E-state index in [9.17, 15) is 0 Å². The van der Waals surface area contributed by atoms with Gasteiger partial charge in [0, 0.05) is 42.8 Å². The highest BCUT2D eigenvalue weighted by Crippen LogP contribution is 2.23. The molecule has 2 heterocycles. The molecule has 3 aromatic rings. The van der Waals surface area contributed by atoms with Crippen LogP contribution in [0.15, 0.2) is 48.9 Å². The number of hydrogen-bond acceptors (Lipinski definition) is 6. The van der Waals surface area contributed by atoms with Crippen molar-refractivity contribution in [1.29, 1.82) is 0 Å². The summed E-state index contributed by atoms with van der Waals surface area (Å²) >= 11 is 0. The summed E-state index contributed by atoms with van der Waals surface area (Å²) in [5, 5.41) is 8.92. The quantitative estimate of drug-likeness (QED) is 0.621. The number of rotatable bonds is 8. The number of aromatic nitrogens is 3. The normalized spacial score (nSPS) is 11.5. The van der Waals surface area contributed by atoms with Crippen LogP contribution in [0.5, 0.6) is 0 Å². The number of pyridine rings is 1. The number of fused-ring (bicyclic) bond motifs is 1. The highest BCUT2D eigenvalue weighted by atomic mass is 15.2. The number of nitrogens with one attached hydrogen (secondary N) is 2. The molecule has 3 rings (SSSR count). The van der Waals surface area contributed by atoms with Crippen LogP contribution in [0.2, 0.25) is 0 Å². The molecule has 6 nitrogen and oxygen atoms in total. The Morgan fingerprint density at radius 2 is 1.67 bits per heavy atom. The molecule has 6 heteroatoms. The molecule has 142 valence electrons. The summed E-state index contributed by atoms with van der Waals surface area (Å²) in [6, 6.07) is 13.1. The van der Waals surface area contributed by atoms with E-state index in [-0.39, 0.29) is 0 Å². The molecular formula is C21H28N6. The summed E-state index contributed by atoms with van der Waals surface area (Å²) in [6.45, 7) is 10.7. The van der Waals surface area contributed by atoms with E-state index in [1.54, 1.807) is 12.5 Å². The van der Waals surface area contributed by atoms with Crippen LogP contribution in [-0.4, -0.2) is 45.0 Å². The molecule has 0 amide bonds. The summed E-state index contributed by atoms with van der Waals surface area (Å²) in [5.74, 6) is 2.32. The van der Waals surface area contributed by atoms with E-state index in [1.165, 1.54) is 0 Å². The first-order valence-corrected chi connectivity index (χ1v) is 9.47. The van der Waals surface area contributed by atoms with Gasteiger partial charge in [0.05, 0.1) is 0 Å². The van der Waals surface area contributed by atoms with Crippen molar-refractivity contribution in [1.82, 2.24) is 19.9 Å². The van der Waals surface area contributed by atoms with Crippen LogP contribution in [0.4, 0.5) is 17.5 Å². The monoisotopic (exact) mass is 364 g/mol. The van der Waals surface area contributed by atoms with Gasteiger partial charge < -0.3 is 10.6 Å². The lowest BCUT2D eigenvalue weighted by molar-refractivity contribution is 0.182. The van der Waals surface area contributed by atoms with E-state index < -0.39 is 0 Å². The Labute approximate surface area is 161 Å². The average molecular weight is 364 g/mol. The molecule has 2 aromatic heterocycles. The summed E-state index contributed by atoms with van der Waals surface area (Å²) in [7, 11) is 0. The lowest BCUT2D eigenvalue weighted by Crippen LogP contribution is -2.40. The van der Waals surface area contributed by atoms with E-state index in [1.807, 2.05) is 24.3 Å². The van der Waals surface area contributed by atoms with Crippen molar-refractivity contribution in [2.24, 2.45) is 0 Å². The van der Waals surface area contributed by atoms with Gasteiger partial charge in [-0.05, 0) is 39.1 Å². The van der Waals surface area contributed by atoms with Crippen molar-refractivity contribution < 1.29 is 0 Å². The zero-order valence-electron chi connectivity index (χ0n) is 16.5. The van der Waals surface area contributed by atoms with Gasteiger partial charge in [-0.25, -0.2) is 15.0 Å². The molecule has 0 spiro atoms. The topological polar surface area (TPSA) is 66.0 Å². The minimum absolute atomic E-state index is 0.520. The van der Waals surface area contributed by atoms with Gasteiger partial charge in [0.25, 0.3) is 0 Å². The van der Waals surface area contributed by atoms with Crippen LogP contribution in [0.25, 0.3) is 10.8 Å². The smallest absolute Gasteiger partial charge is 0.139 e. The maximum Gasteiger partial charge on any atom is 0.139 e. The molecule has 0 aliphatic heterocycles. The maximum absolute atomic E-state index is 4.46.